The van der Waals surface area contributed by atoms with E-state index >= 15 is 0 Å². The minimum Gasteiger partial charge on any atom is -0.501 e. The molecular formula is C12H14N2O2. The molecule has 0 fully saturated rings. The van der Waals surface area contributed by atoms with Crippen molar-refractivity contribution in [3.63, 3.8) is 0 Å². The van der Waals surface area contributed by atoms with Crippen molar-refractivity contribution in [1.29, 1.82) is 0 Å². The summed E-state index contributed by atoms with van der Waals surface area (Å²) >= 11 is 0. The Kier molecular flexibility index (Phi) is 3.19. The molecule has 0 aliphatic carbocycles. The van der Waals surface area contributed by atoms with Crippen LogP contribution in [0.25, 0.3) is 0 Å². The molecule has 0 radical (unpaired) electrons. The van der Waals surface area contributed by atoms with E-state index in [2.05, 4.69) is 9.98 Å². The molecule has 0 bridgehead atoms. The van der Waals surface area contributed by atoms with Crippen LogP contribution in [0.4, 0.5) is 0 Å². The van der Waals surface area contributed by atoms with Crippen molar-refractivity contribution >= 4 is 5.71 Å². The first-order chi connectivity index (χ1) is 7.83. The summed E-state index contributed by atoms with van der Waals surface area (Å²) in [5, 5.41) is 0. The van der Waals surface area contributed by atoms with Gasteiger partial charge in [-0.2, -0.15) is 0 Å². The Labute approximate surface area is 94.6 Å². The van der Waals surface area contributed by atoms with Crippen LogP contribution in [0, 0.1) is 0 Å². The summed E-state index contributed by atoms with van der Waals surface area (Å²) in [5.74, 6) is 1.72. The van der Waals surface area contributed by atoms with Crippen LogP contribution in [-0.2, 0) is 4.74 Å². The SMILES string of the molecule is COC1=CC(c2cc(OC)ccn2)=NCC1. The molecule has 0 spiro atoms. The summed E-state index contributed by atoms with van der Waals surface area (Å²) in [5.41, 5.74) is 1.66. The summed E-state index contributed by atoms with van der Waals surface area (Å²) in [4.78, 5) is 8.68. The van der Waals surface area contributed by atoms with Crippen molar-refractivity contribution < 1.29 is 9.47 Å². The number of aromatic nitrogens is 1. The molecule has 1 aromatic heterocycles. The minimum absolute atomic E-state index is 0.744. The Morgan fingerprint density at radius 2 is 2.12 bits per heavy atom. The van der Waals surface area contributed by atoms with Gasteiger partial charge in [0.15, 0.2) is 0 Å². The van der Waals surface area contributed by atoms with Gasteiger partial charge >= 0.3 is 0 Å². The van der Waals surface area contributed by atoms with Gasteiger partial charge in [0.05, 0.1) is 31.4 Å². The summed E-state index contributed by atoms with van der Waals surface area (Å²) in [6.45, 7) is 0.744. The first-order valence-corrected chi connectivity index (χ1v) is 5.13. The van der Waals surface area contributed by atoms with Crippen LogP contribution < -0.4 is 4.74 Å². The molecule has 0 amide bonds. The molecule has 0 N–H and O–H groups in total. The normalized spacial score (nSPS) is 15.1. The van der Waals surface area contributed by atoms with Crippen molar-refractivity contribution in [2.45, 2.75) is 6.42 Å². The Balaban J connectivity index is 2.30. The minimum atomic E-state index is 0.744. The smallest absolute Gasteiger partial charge is 0.122 e. The van der Waals surface area contributed by atoms with Crippen molar-refractivity contribution in [3.8, 4) is 5.75 Å². The molecule has 0 atom stereocenters. The number of methoxy groups -OCH3 is 2. The van der Waals surface area contributed by atoms with E-state index in [1.54, 1.807) is 20.4 Å². The number of allylic oxidation sites excluding steroid dienone is 1. The van der Waals surface area contributed by atoms with Crippen LogP contribution >= 0.6 is 0 Å². The third kappa shape index (κ3) is 2.21. The Hall–Kier alpha value is -1.84. The molecule has 4 heteroatoms. The summed E-state index contributed by atoms with van der Waals surface area (Å²) in [6.07, 6.45) is 4.49. The monoisotopic (exact) mass is 218 g/mol. The largest absolute Gasteiger partial charge is 0.501 e. The van der Waals surface area contributed by atoms with Gasteiger partial charge in [0.2, 0.25) is 0 Å². The van der Waals surface area contributed by atoms with Gasteiger partial charge in [-0.25, -0.2) is 0 Å². The molecule has 0 aromatic carbocycles. The van der Waals surface area contributed by atoms with E-state index in [1.807, 2.05) is 18.2 Å². The maximum atomic E-state index is 5.22. The second-order valence-corrected chi connectivity index (χ2v) is 3.41. The van der Waals surface area contributed by atoms with Crippen molar-refractivity contribution in [2.24, 2.45) is 4.99 Å². The number of rotatable bonds is 3. The van der Waals surface area contributed by atoms with Gasteiger partial charge in [0.25, 0.3) is 0 Å². The van der Waals surface area contributed by atoms with Crippen LogP contribution in [0.15, 0.2) is 35.2 Å². The van der Waals surface area contributed by atoms with Gasteiger partial charge < -0.3 is 9.47 Å². The molecule has 4 nitrogen and oxygen atoms in total. The fourth-order valence-corrected chi connectivity index (χ4v) is 1.55. The van der Waals surface area contributed by atoms with E-state index in [9.17, 15) is 0 Å². The molecule has 2 rings (SSSR count). The first kappa shape index (κ1) is 10.7. The molecule has 0 saturated heterocycles. The van der Waals surface area contributed by atoms with Crippen molar-refractivity contribution in [1.82, 2.24) is 4.98 Å². The van der Waals surface area contributed by atoms with Gasteiger partial charge in [-0.3, -0.25) is 9.98 Å². The third-order valence-corrected chi connectivity index (χ3v) is 2.43. The van der Waals surface area contributed by atoms with Crippen LogP contribution in [0.3, 0.4) is 0 Å². The predicted octanol–water partition coefficient (Wildman–Crippen LogP) is 1.81. The quantitative estimate of drug-likeness (QED) is 0.777. The lowest BCUT2D eigenvalue weighted by Gasteiger charge is -2.12. The second-order valence-electron chi connectivity index (χ2n) is 3.41. The Morgan fingerprint density at radius 1 is 1.25 bits per heavy atom. The summed E-state index contributed by atoms with van der Waals surface area (Å²) in [6, 6.07) is 3.68. The van der Waals surface area contributed by atoms with E-state index in [-0.39, 0.29) is 0 Å². The van der Waals surface area contributed by atoms with Crippen LogP contribution in [0.1, 0.15) is 12.1 Å². The lowest BCUT2D eigenvalue weighted by molar-refractivity contribution is 0.278. The zero-order chi connectivity index (χ0) is 11.4. The zero-order valence-corrected chi connectivity index (χ0v) is 9.43. The molecule has 1 aromatic rings. The van der Waals surface area contributed by atoms with Gasteiger partial charge in [0, 0.05) is 31.3 Å². The summed E-state index contributed by atoms with van der Waals surface area (Å²) < 4.78 is 10.4. The van der Waals surface area contributed by atoms with Crippen molar-refractivity contribution in [2.75, 3.05) is 20.8 Å². The number of dihydropyridines is 1. The molecular weight excluding hydrogens is 204 g/mol. The number of nitrogens with zero attached hydrogens (tertiary/aromatic N) is 2. The molecule has 0 unspecified atom stereocenters. The molecule has 1 aliphatic heterocycles. The van der Waals surface area contributed by atoms with Gasteiger partial charge in [0.1, 0.15) is 5.75 Å². The molecule has 0 saturated carbocycles. The highest BCUT2D eigenvalue weighted by Gasteiger charge is 2.10. The maximum absolute atomic E-state index is 5.22. The van der Waals surface area contributed by atoms with Crippen LogP contribution in [0.2, 0.25) is 0 Å². The van der Waals surface area contributed by atoms with Gasteiger partial charge in [-0.05, 0) is 6.07 Å². The number of hydrogen-bond donors (Lipinski definition) is 0. The van der Waals surface area contributed by atoms with Gasteiger partial charge in [-0.1, -0.05) is 0 Å². The van der Waals surface area contributed by atoms with Crippen molar-refractivity contribution in [3.05, 3.63) is 35.9 Å². The lowest BCUT2D eigenvalue weighted by atomic mass is 10.1. The maximum Gasteiger partial charge on any atom is 0.122 e. The number of aliphatic imine (C=N–C) groups is 1. The number of pyridine rings is 1. The second kappa shape index (κ2) is 4.79. The lowest BCUT2D eigenvalue weighted by Crippen LogP contribution is -2.09. The first-order valence-electron chi connectivity index (χ1n) is 5.13. The van der Waals surface area contributed by atoms with Crippen LogP contribution in [-0.4, -0.2) is 31.5 Å². The number of ether oxygens (including phenoxy) is 2. The average Bonchev–Trinajstić information content (AvgIpc) is 2.39. The predicted molar refractivity (Wildman–Crippen MR) is 61.9 cm³/mol. The topological polar surface area (TPSA) is 43.7 Å². The zero-order valence-electron chi connectivity index (χ0n) is 9.43. The molecule has 84 valence electrons. The van der Waals surface area contributed by atoms with E-state index in [0.717, 1.165) is 35.9 Å². The highest BCUT2D eigenvalue weighted by atomic mass is 16.5. The average molecular weight is 218 g/mol. The fraction of sp³-hybridized carbons (Fsp3) is 0.333. The van der Waals surface area contributed by atoms with E-state index in [4.69, 9.17) is 9.47 Å². The summed E-state index contributed by atoms with van der Waals surface area (Å²) in [7, 11) is 3.31. The molecule has 16 heavy (non-hydrogen) atoms. The standard InChI is InChI=1S/C12H14N2O2/c1-15-9-3-5-13-11(7-9)12-8-10(16-2)4-6-14-12/h3,5,7-8H,4,6H2,1-2H3. The Morgan fingerprint density at radius 3 is 2.88 bits per heavy atom. The number of hydrogen-bond acceptors (Lipinski definition) is 4. The highest BCUT2D eigenvalue weighted by molar-refractivity contribution is 6.08. The Bertz CT molecular complexity index is 438. The fourth-order valence-electron chi connectivity index (χ4n) is 1.55. The molecule has 2 heterocycles. The third-order valence-electron chi connectivity index (χ3n) is 2.43. The van der Waals surface area contributed by atoms with Gasteiger partial charge in [-0.15, -0.1) is 0 Å². The van der Waals surface area contributed by atoms with E-state index < -0.39 is 0 Å². The van der Waals surface area contributed by atoms with E-state index in [0.29, 0.717) is 0 Å². The highest BCUT2D eigenvalue weighted by Crippen LogP contribution is 2.16. The van der Waals surface area contributed by atoms with E-state index in [1.165, 1.54) is 0 Å². The molecule has 1 aliphatic rings. The van der Waals surface area contributed by atoms with Crippen LogP contribution in [0.5, 0.6) is 5.75 Å².